The monoisotopic (exact) mass is 200 g/mol. The highest BCUT2D eigenvalue weighted by Crippen LogP contribution is 2.30. The Hall–Kier alpha value is -0.340. The lowest BCUT2D eigenvalue weighted by Gasteiger charge is -2.08. The fraction of sp³-hybridized carbons (Fsp3) is 0.444. The standard InChI is InChI=1S/C9H9ClOS/c10-9(11)8-5-6-3-1-2-4-7(6)12-8/h5H,1-4H2. The number of carbonyl (C=O) groups excluding carboxylic acids is 1. The van der Waals surface area contributed by atoms with Crippen LogP contribution in [0.3, 0.4) is 0 Å². The zero-order chi connectivity index (χ0) is 8.55. The topological polar surface area (TPSA) is 17.1 Å². The fourth-order valence-corrected chi connectivity index (χ4v) is 2.84. The summed E-state index contributed by atoms with van der Waals surface area (Å²) in [7, 11) is 0. The van der Waals surface area contributed by atoms with Crippen LogP contribution in [0.25, 0.3) is 0 Å². The first-order valence-electron chi connectivity index (χ1n) is 4.09. The van der Waals surface area contributed by atoms with Crippen molar-refractivity contribution in [2.75, 3.05) is 0 Å². The molecule has 0 radical (unpaired) electrons. The molecule has 0 aromatic carbocycles. The van der Waals surface area contributed by atoms with Gasteiger partial charge in [0.15, 0.2) is 0 Å². The summed E-state index contributed by atoms with van der Waals surface area (Å²) < 4.78 is 0. The second kappa shape index (κ2) is 3.19. The molecule has 64 valence electrons. The zero-order valence-corrected chi connectivity index (χ0v) is 8.17. The molecular weight excluding hydrogens is 192 g/mol. The SMILES string of the molecule is O=C(Cl)c1cc2c(s1)CCCC2. The van der Waals surface area contributed by atoms with Crippen molar-refractivity contribution in [3.63, 3.8) is 0 Å². The van der Waals surface area contributed by atoms with Crippen molar-refractivity contribution in [1.29, 1.82) is 0 Å². The molecular formula is C9H9ClOS. The average Bonchev–Trinajstić information content (AvgIpc) is 2.46. The number of fused-ring (bicyclic) bond motifs is 1. The molecule has 2 rings (SSSR count). The molecule has 0 saturated heterocycles. The molecule has 0 aliphatic heterocycles. The number of aryl methyl sites for hydroxylation is 2. The number of carbonyl (C=O) groups is 1. The van der Waals surface area contributed by atoms with E-state index in [0.29, 0.717) is 4.88 Å². The average molecular weight is 201 g/mol. The van der Waals surface area contributed by atoms with Crippen LogP contribution < -0.4 is 0 Å². The van der Waals surface area contributed by atoms with Gasteiger partial charge in [-0.2, -0.15) is 0 Å². The van der Waals surface area contributed by atoms with Gasteiger partial charge in [-0.05, 0) is 48.9 Å². The molecule has 0 bridgehead atoms. The van der Waals surface area contributed by atoms with Crippen molar-refractivity contribution in [3.05, 3.63) is 21.4 Å². The first-order chi connectivity index (χ1) is 5.77. The molecule has 0 atom stereocenters. The summed E-state index contributed by atoms with van der Waals surface area (Å²) in [5, 5.41) is -0.311. The van der Waals surface area contributed by atoms with Gasteiger partial charge in [-0.3, -0.25) is 4.79 Å². The van der Waals surface area contributed by atoms with Gasteiger partial charge in [0, 0.05) is 4.88 Å². The van der Waals surface area contributed by atoms with Gasteiger partial charge in [0.25, 0.3) is 5.24 Å². The molecule has 3 heteroatoms. The third-order valence-corrected chi connectivity index (χ3v) is 3.74. The summed E-state index contributed by atoms with van der Waals surface area (Å²) in [6.45, 7) is 0. The van der Waals surface area contributed by atoms with Gasteiger partial charge in [0.05, 0.1) is 4.88 Å². The fourth-order valence-electron chi connectivity index (χ4n) is 1.59. The Morgan fingerprint density at radius 1 is 1.42 bits per heavy atom. The van der Waals surface area contributed by atoms with Crippen LogP contribution in [0.15, 0.2) is 6.07 Å². The van der Waals surface area contributed by atoms with Crippen molar-refractivity contribution >= 4 is 28.2 Å². The first kappa shape index (κ1) is 8.27. The Morgan fingerprint density at radius 3 is 2.83 bits per heavy atom. The van der Waals surface area contributed by atoms with E-state index in [4.69, 9.17) is 11.6 Å². The van der Waals surface area contributed by atoms with E-state index in [-0.39, 0.29) is 5.24 Å². The van der Waals surface area contributed by atoms with Gasteiger partial charge >= 0.3 is 0 Å². The van der Waals surface area contributed by atoms with Crippen molar-refractivity contribution < 1.29 is 4.79 Å². The van der Waals surface area contributed by atoms with Crippen molar-refractivity contribution in [1.82, 2.24) is 0 Å². The summed E-state index contributed by atoms with van der Waals surface area (Å²) in [6.07, 6.45) is 4.75. The van der Waals surface area contributed by atoms with Crippen molar-refractivity contribution in [2.24, 2.45) is 0 Å². The Labute approximate surface area is 80.4 Å². The summed E-state index contributed by atoms with van der Waals surface area (Å²) >= 11 is 6.96. The van der Waals surface area contributed by atoms with Crippen LogP contribution in [0.5, 0.6) is 0 Å². The Kier molecular flexibility index (Phi) is 2.20. The third kappa shape index (κ3) is 1.41. The number of rotatable bonds is 1. The van der Waals surface area contributed by atoms with E-state index in [1.54, 1.807) is 11.3 Å². The molecule has 0 fully saturated rings. The van der Waals surface area contributed by atoms with Gasteiger partial charge in [-0.1, -0.05) is 0 Å². The van der Waals surface area contributed by atoms with Crippen molar-refractivity contribution in [2.45, 2.75) is 25.7 Å². The van der Waals surface area contributed by atoms with E-state index in [2.05, 4.69) is 0 Å². The lowest BCUT2D eigenvalue weighted by atomic mass is 9.99. The van der Waals surface area contributed by atoms with Crippen LogP contribution in [-0.4, -0.2) is 5.24 Å². The number of hydrogen-bond acceptors (Lipinski definition) is 2. The normalized spacial score (nSPS) is 15.8. The largest absolute Gasteiger partial charge is 0.275 e. The molecule has 1 aromatic heterocycles. The number of halogens is 1. The second-order valence-corrected chi connectivity index (χ2v) is 4.52. The summed E-state index contributed by atoms with van der Waals surface area (Å²) in [4.78, 5) is 12.9. The molecule has 1 aromatic rings. The highest BCUT2D eigenvalue weighted by atomic mass is 35.5. The highest BCUT2D eigenvalue weighted by Gasteiger charge is 2.15. The molecule has 1 heterocycles. The predicted molar refractivity (Wildman–Crippen MR) is 51.1 cm³/mol. The lowest BCUT2D eigenvalue weighted by molar-refractivity contribution is 0.108. The molecule has 0 unspecified atom stereocenters. The van der Waals surface area contributed by atoms with E-state index in [0.717, 1.165) is 12.8 Å². The molecule has 0 N–H and O–H groups in total. The second-order valence-electron chi connectivity index (χ2n) is 3.04. The first-order valence-corrected chi connectivity index (χ1v) is 5.28. The smallest absolute Gasteiger partial charge is 0.262 e. The molecule has 1 nitrogen and oxygen atoms in total. The molecule has 1 aliphatic carbocycles. The number of hydrogen-bond donors (Lipinski definition) is 0. The Bertz CT molecular complexity index is 293. The molecule has 0 saturated carbocycles. The van der Waals surface area contributed by atoms with E-state index in [1.165, 1.54) is 23.3 Å². The lowest BCUT2D eigenvalue weighted by Crippen LogP contribution is -1.96. The van der Waals surface area contributed by atoms with E-state index < -0.39 is 0 Å². The van der Waals surface area contributed by atoms with Crippen LogP contribution in [0.4, 0.5) is 0 Å². The highest BCUT2D eigenvalue weighted by molar-refractivity contribution is 7.15. The summed E-state index contributed by atoms with van der Waals surface area (Å²) in [6, 6.07) is 1.95. The van der Waals surface area contributed by atoms with Crippen LogP contribution >= 0.6 is 22.9 Å². The zero-order valence-electron chi connectivity index (χ0n) is 6.60. The maximum absolute atomic E-state index is 10.8. The van der Waals surface area contributed by atoms with Crippen LogP contribution in [0.1, 0.15) is 33.0 Å². The quantitative estimate of drug-likeness (QED) is 0.637. The number of thiophene rings is 1. The minimum absolute atomic E-state index is 0.311. The third-order valence-electron chi connectivity index (χ3n) is 2.19. The van der Waals surface area contributed by atoms with E-state index >= 15 is 0 Å². The minimum Gasteiger partial charge on any atom is -0.275 e. The van der Waals surface area contributed by atoms with Crippen LogP contribution in [0.2, 0.25) is 0 Å². The molecule has 0 amide bonds. The van der Waals surface area contributed by atoms with E-state index in [1.807, 2.05) is 6.07 Å². The van der Waals surface area contributed by atoms with Gasteiger partial charge in [0.1, 0.15) is 0 Å². The van der Waals surface area contributed by atoms with Crippen LogP contribution in [-0.2, 0) is 12.8 Å². The Balaban J connectivity index is 2.38. The van der Waals surface area contributed by atoms with Gasteiger partial charge in [-0.25, -0.2) is 0 Å². The molecule has 1 aliphatic rings. The van der Waals surface area contributed by atoms with Gasteiger partial charge in [0.2, 0.25) is 0 Å². The van der Waals surface area contributed by atoms with Crippen LogP contribution in [0, 0.1) is 0 Å². The maximum atomic E-state index is 10.8. The maximum Gasteiger partial charge on any atom is 0.262 e. The Morgan fingerprint density at radius 2 is 2.17 bits per heavy atom. The molecule has 12 heavy (non-hydrogen) atoms. The minimum atomic E-state index is -0.311. The summed E-state index contributed by atoms with van der Waals surface area (Å²) in [5.41, 5.74) is 1.34. The summed E-state index contributed by atoms with van der Waals surface area (Å²) in [5.74, 6) is 0. The van der Waals surface area contributed by atoms with Gasteiger partial charge in [-0.15, -0.1) is 11.3 Å². The van der Waals surface area contributed by atoms with Crippen molar-refractivity contribution in [3.8, 4) is 0 Å². The van der Waals surface area contributed by atoms with E-state index in [9.17, 15) is 4.79 Å². The predicted octanol–water partition coefficient (Wildman–Crippen LogP) is 3.01. The molecule has 0 spiro atoms. The van der Waals surface area contributed by atoms with Gasteiger partial charge < -0.3 is 0 Å².